The molecule has 130 valence electrons. The van der Waals surface area contributed by atoms with Crippen LogP contribution in [0.4, 0.5) is 5.69 Å². The minimum atomic E-state index is -3.65. The molecule has 0 saturated heterocycles. The van der Waals surface area contributed by atoms with Crippen molar-refractivity contribution in [3.8, 4) is 11.1 Å². The third-order valence-corrected chi connectivity index (χ3v) is 5.83. The van der Waals surface area contributed by atoms with Gasteiger partial charge in [0.2, 0.25) is 0 Å². The summed E-state index contributed by atoms with van der Waals surface area (Å²) in [5.74, 6) is -0.181. The Morgan fingerprint density at radius 1 is 1.20 bits per heavy atom. The summed E-state index contributed by atoms with van der Waals surface area (Å²) in [6.45, 7) is 7.61. The van der Waals surface area contributed by atoms with E-state index in [4.69, 9.17) is 0 Å². The van der Waals surface area contributed by atoms with Crippen molar-refractivity contribution in [3.63, 3.8) is 0 Å². The molecule has 2 aromatic rings. The highest BCUT2D eigenvalue weighted by Crippen LogP contribution is 2.43. The van der Waals surface area contributed by atoms with Crippen LogP contribution < -0.4 is 9.62 Å². The van der Waals surface area contributed by atoms with Crippen molar-refractivity contribution in [2.45, 2.75) is 24.8 Å². The van der Waals surface area contributed by atoms with Gasteiger partial charge in [0.05, 0.1) is 17.1 Å². The van der Waals surface area contributed by atoms with E-state index in [2.05, 4.69) is 11.9 Å². The van der Waals surface area contributed by atoms with E-state index in [9.17, 15) is 13.2 Å². The number of amides is 1. The Bertz CT molecular complexity index is 949. The predicted octanol–water partition coefficient (Wildman–Crippen LogP) is 3.19. The highest BCUT2D eigenvalue weighted by atomic mass is 32.2. The quantitative estimate of drug-likeness (QED) is 0.856. The second-order valence-corrected chi connectivity index (χ2v) is 8.01. The van der Waals surface area contributed by atoms with Crippen LogP contribution >= 0.6 is 0 Å². The summed E-state index contributed by atoms with van der Waals surface area (Å²) in [4.78, 5) is 12.6. The first kappa shape index (κ1) is 17.2. The maximum Gasteiger partial charge on any atom is 0.265 e. The molecular formula is C19H20N2O3S. The molecule has 0 unspecified atom stereocenters. The number of hydrogen-bond donors (Lipinski definition) is 1. The molecule has 0 aromatic heterocycles. The SMILES string of the molecule is C=CCN1c2ccc(C(=O)NC(C)C)cc2-c2ccccc2S1(=O)=O. The maximum absolute atomic E-state index is 12.9. The normalized spacial score (nSPS) is 14.6. The molecule has 1 amide bonds. The molecule has 1 heterocycles. The molecule has 0 saturated carbocycles. The van der Waals surface area contributed by atoms with Gasteiger partial charge in [0.25, 0.3) is 15.9 Å². The summed E-state index contributed by atoms with van der Waals surface area (Å²) in [5, 5.41) is 2.86. The van der Waals surface area contributed by atoms with Crippen molar-refractivity contribution in [2.75, 3.05) is 10.8 Å². The number of nitrogens with zero attached hydrogens (tertiary/aromatic N) is 1. The number of carbonyl (C=O) groups is 1. The average molecular weight is 356 g/mol. The van der Waals surface area contributed by atoms with E-state index in [0.29, 0.717) is 16.8 Å². The maximum atomic E-state index is 12.9. The number of anilines is 1. The predicted molar refractivity (Wildman–Crippen MR) is 99.2 cm³/mol. The lowest BCUT2D eigenvalue weighted by atomic mass is 10.00. The number of nitrogens with one attached hydrogen (secondary N) is 1. The Hall–Kier alpha value is -2.60. The first-order chi connectivity index (χ1) is 11.9. The third-order valence-electron chi connectivity index (χ3n) is 3.99. The van der Waals surface area contributed by atoms with E-state index < -0.39 is 10.0 Å². The van der Waals surface area contributed by atoms with E-state index in [1.54, 1.807) is 48.5 Å². The zero-order valence-electron chi connectivity index (χ0n) is 14.2. The van der Waals surface area contributed by atoms with Gasteiger partial charge in [-0.2, -0.15) is 0 Å². The van der Waals surface area contributed by atoms with Gasteiger partial charge in [-0.05, 0) is 38.1 Å². The standard InChI is InChI=1S/C19H20N2O3S/c1-4-11-21-17-10-9-14(19(22)20-13(2)3)12-16(17)15-7-5-6-8-18(15)25(21,23)24/h4-10,12-13H,1,11H2,2-3H3,(H,20,22). The molecule has 1 aliphatic heterocycles. The average Bonchev–Trinajstić information content (AvgIpc) is 2.58. The Morgan fingerprint density at radius 3 is 2.60 bits per heavy atom. The Labute approximate surface area is 148 Å². The molecular weight excluding hydrogens is 336 g/mol. The molecule has 0 atom stereocenters. The number of rotatable bonds is 4. The molecule has 3 rings (SSSR count). The number of carbonyl (C=O) groups excluding carboxylic acids is 1. The molecule has 0 bridgehead atoms. The molecule has 0 aliphatic carbocycles. The molecule has 1 aliphatic rings. The van der Waals surface area contributed by atoms with Crippen LogP contribution in [-0.2, 0) is 10.0 Å². The fourth-order valence-electron chi connectivity index (χ4n) is 2.93. The summed E-state index contributed by atoms with van der Waals surface area (Å²) in [5.41, 5.74) is 2.39. The lowest BCUT2D eigenvalue weighted by Gasteiger charge is -2.31. The Kier molecular flexibility index (Phi) is 4.39. The van der Waals surface area contributed by atoms with Gasteiger partial charge >= 0.3 is 0 Å². The monoisotopic (exact) mass is 356 g/mol. The van der Waals surface area contributed by atoms with Crippen LogP contribution in [0.25, 0.3) is 11.1 Å². The molecule has 0 spiro atoms. The number of fused-ring (bicyclic) bond motifs is 3. The van der Waals surface area contributed by atoms with Crippen LogP contribution in [0.15, 0.2) is 60.0 Å². The van der Waals surface area contributed by atoms with E-state index in [1.807, 2.05) is 13.8 Å². The molecule has 5 nitrogen and oxygen atoms in total. The van der Waals surface area contributed by atoms with Gasteiger partial charge in [-0.15, -0.1) is 6.58 Å². The first-order valence-corrected chi connectivity index (χ1v) is 9.48. The zero-order valence-corrected chi connectivity index (χ0v) is 15.0. The first-order valence-electron chi connectivity index (χ1n) is 8.04. The van der Waals surface area contributed by atoms with Crippen molar-refractivity contribution < 1.29 is 13.2 Å². The number of hydrogen-bond acceptors (Lipinski definition) is 3. The topological polar surface area (TPSA) is 66.5 Å². The van der Waals surface area contributed by atoms with Crippen LogP contribution in [0.2, 0.25) is 0 Å². The van der Waals surface area contributed by atoms with Gasteiger partial charge < -0.3 is 5.32 Å². The lowest BCUT2D eigenvalue weighted by molar-refractivity contribution is 0.0943. The summed E-state index contributed by atoms with van der Waals surface area (Å²) in [7, 11) is -3.65. The summed E-state index contributed by atoms with van der Waals surface area (Å²) < 4.78 is 27.2. The Morgan fingerprint density at radius 2 is 1.92 bits per heavy atom. The van der Waals surface area contributed by atoms with Crippen LogP contribution in [-0.4, -0.2) is 26.9 Å². The van der Waals surface area contributed by atoms with Crippen LogP contribution in [0.3, 0.4) is 0 Å². The summed E-state index contributed by atoms with van der Waals surface area (Å²) in [6.07, 6.45) is 1.55. The lowest BCUT2D eigenvalue weighted by Crippen LogP contribution is -2.35. The highest BCUT2D eigenvalue weighted by Gasteiger charge is 2.34. The van der Waals surface area contributed by atoms with Gasteiger partial charge in [-0.1, -0.05) is 24.3 Å². The van der Waals surface area contributed by atoms with Crippen LogP contribution in [0, 0.1) is 0 Å². The van der Waals surface area contributed by atoms with E-state index in [-0.39, 0.29) is 23.4 Å². The minimum Gasteiger partial charge on any atom is -0.350 e. The molecule has 6 heteroatoms. The van der Waals surface area contributed by atoms with Gasteiger partial charge in [0.15, 0.2) is 0 Å². The molecule has 1 N–H and O–H groups in total. The molecule has 0 radical (unpaired) electrons. The number of benzene rings is 2. The van der Waals surface area contributed by atoms with Gasteiger partial charge in [-0.3, -0.25) is 9.10 Å². The second kappa shape index (κ2) is 6.37. The van der Waals surface area contributed by atoms with Crippen molar-refractivity contribution in [1.82, 2.24) is 5.32 Å². The largest absolute Gasteiger partial charge is 0.350 e. The van der Waals surface area contributed by atoms with Crippen LogP contribution in [0.1, 0.15) is 24.2 Å². The second-order valence-electron chi connectivity index (χ2n) is 6.18. The number of sulfonamides is 1. The molecule has 2 aromatic carbocycles. The molecule has 25 heavy (non-hydrogen) atoms. The van der Waals surface area contributed by atoms with Crippen molar-refractivity contribution >= 4 is 21.6 Å². The third kappa shape index (κ3) is 2.93. The van der Waals surface area contributed by atoms with Crippen molar-refractivity contribution in [2.24, 2.45) is 0 Å². The van der Waals surface area contributed by atoms with E-state index in [0.717, 1.165) is 5.56 Å². The van der Waals surface area contributed by atoms with E-state index >= 15 is 0 Å². The van der Waals surface area contributed by atoms with Crippen molar-refractivity contribution in [1.29, 1.82) is 0 Å². The van der Waals surface area contributed by atoms with Gasteiger partial charge in [0.1, 0.15) is 0 Å². The van der Waals surface area contributed by atoms with Gasteiger partial charge in [0, 0.05) is 22.7 Å². The fourth-order valence-corrected chi connectivity index (χ4v) is 4.60. The Balaban J connectivity index is 2.21. The van der Waals surface area contributed by atoms with Crippen molar-refractivity contribution in [3.05, 3.63) is 60.7 Å². The highest BCUT2D eigenvalue weighted by molar-refractivity contribution is 7.93. The van der Waals surface area contributed by atoms with Crippen LogP contribution in [0.5, 0.6) is 0 Å². The zero-order chi connectivity index (χ0) is 18.2. The fraction of sp³-hybridized carbons (Fsp3) is 0.211. The van der Waals surface area contributed by atoms with E-state index in [1.165, 1.54) is 4.31 Å². The summed E-state index contributed by atoms with van der Waals surface area (Å²) in [6, 6.07) is 11.9. The minimum absolute atomic E-state index is 0.0217. The summed E-state index contributed by atoms with van der Waals surface area (Å²) >= 11 is 0. The smallest absolute Gasteiger partial charge is 0.265 e. The molecule has 0 fully saturated rings. The van der Waals surface area contributed by atoms with Gasteiger partial charge in [-0.25, -0.2) is 8.42 Å².